The number of unbranched alkanes of at least 4 members (excludes halogenated alkanes) is 8. The van der Waals surface area contributed by atoms with Crippen LogP contribution in [0.3, 0.4) is 0 Å². The van der Waals surface area contributed by atoms with Crippen LogP contribution in [0.15, 0.2) is 11.8 Å². The highest BCUT2D eigenvalue weighted by molar-refractivity contribution is 5.66. The first-order valence-electron chi connectivity index (χ1n) is 8.84. The number of carboxylic acid groups (broad SMARTS) is 1. The number of rotatable bonds is 15. The van der Waals surface area contributed by atoms with Crippen LogP contribution in [0.4, 0.5) is 0 Å². The van der Waals surface area contributed by atoms with Crippen LogP contribution < -0.4 is 0 Å². The minimum Gasteiger partial charge on any atom is -0.513 e. The fourth-order valence-electron chi connectivity index (χ4n) is 2.45. The van der Waals surface area contributed by atoms with E-state index in [1.54, 1.807) is 0 Å². The van der Waals surface area contributed by atoms with Crippen LogP contribution in [0, 0.1) is 0 Å². The summed E-state index contributed by atoms with van der Waals surface area (Å²) >= 11 is 0. The van der Waals surface area contributed by atoms with Gasteiger partial charge in [0.25, 0.3) is 0 Å². The van der Waals surface area contributed by atoms with Gasteiger partial charge in [-0.3, -0.25) is 4.79 Å². The second-order valence-electron chi connectivity index (χ2n) is 6.10. The number of aliphatic hydroxyl groups excluding tert-OH is 2. The quantitative estimate of drug-likeness (QED) is 0.295. The van der Waals surface area contributed by atoms with Crippen molar-refractivity contribution in [3.63, 3.8) is 0 Å². The number of hydrogen-bond donors (Lipinski definition) is 3. The number of aliphatic carboxylic acids is 1. The summed E-state index contributed by atoms with van der Waals surface area (Å²) in [4.78, 5) is 10.3. The molecule has 3 N–H and O–H groups in total. The second kappa shape index (κ2) is 14.9. The maximum absolute atomic E-state index is 10.3. The van der Waals surface area contributed by atoms with Crippen LogP contribution in [0.1, 0.15) is 90.4 Å². The maximum atomic E-state index is 10.3. The van der Waals surface area contributed by atoms with Crippen molar-refractivity contribution in [3.8, 4) is 0 Å². The molecule has 0 radical (unpaired) electrons. The molecule has 0 bridgehead atoms. The Morgan fingerprint density at radius 2 is 1.59 bits per heavy atom. The zero-order valence-corrected chi connectivity index (χ0v) is 14.1. The van der Waals surface area contributed by atoms with Gasteiger partial charge in [-0.1, -0.05) is 51.9 Å². The average molecular weight is 314 g/mol. The van der Waals surface area contributed by atoms with E-state index in [4.69, 9.17) is 5.11 Å². The van der Waals surface area contributed by atoms with Crippen LogP contribution in [0.25, 0.3) is 0 Å². The number of aliphatic hydroxyl groups is 2. The van der Waals surface area contributed by atoms with E-state index in [1.165, 1.54) is 12.8 Å². The van der Waals surface area contributed by atoms with Crippen molar-refractivity contribution in [3.05, 3.63) is 11.8 Å². The van der Waals surface area contributed by atoms with Gasteiger partial charge in [-0.05, 0) is 31.8 Å². The molecule has 4 heteroatoms. The van der Waals surface area contributed by atoms with Gasteiger partial charge in [0.05, 0.1) is 11.9 Å². The molecule has 0 rings (SSSR count). The third-order valence-corrected chi connectivity index (χ3v) is 3.81. The summed E-state index contributed by atoms with van der Waals surface area (Å²) in [5, 5.41) is 28.1. The number of hydrogen-bond acceptors (Lipinski definition) is 3. The molecule has 0 aliphatic carbocycles. The predicted octanol–water partition coefficient (Wildman–Crippen LogP) is 4.97. The molecule has 0 aliphatic rings. The lowest BCUT2D eigenvalue weighted by Crippen LogP contribution is -2.07. The van der Waals surface area contributed by atoms with Crippen LogP contribution in [0.5, 0.6) is 0 Å². The van der Waals surface area contributed by atoms with E-state index in [1.807, 2.05) is 6.08 Å². The highest BCUT2D eigenvalue weighted by Crippen LogP contribution is 2.13. The molecule has 22 heavy (non-hydrogen) atoms. The Hall–Kier alpha value is -1.03. The first-order chi connectivity index (χ1) is 10.6. The lowest BCUT2D eigenvalue weighted by atomic mass is 10.0. The molecule has 0 aliphatic heterocycles. The van der Waals surface area contributed by atoms with Crippen LogP contribution in [0.2, 0.25) is 0 Å². The fourth-order valence-corrected chi connectivity index (χ4v) is 2.45. The van der Waals surface area contributed by atoms with Crippen molar-refractivity contribution in [2.24, 2.45) is 0 Å². The van der Waals surface area contributed by atoms with Crippen molar-refractivity contribution in [2.75, 3.05) is 0 Å². The van der Waals surface area contributed by atoms with E-state index >= 15 is 0 Å². The summed E-state index contributed by atoms with van der Waals surface area (Å²) in [6.45, 7) is 2.16. The van der Waals surface area contributed by atoms with Gasteiger partial charge in [-0.15, -0.1) is 0 Å². The van der Waals surface area contributed by atoms with Crippen molar-refractivity contribution in [2.45, 2.75) is 96.5 Å². The van der Waals surface area contributed by atoms with Crippen LogP contribution in [-0.2, 0) is 4.79 Å². The standard InChI is InChI=1S/C18H34O4/c1-2-3-4-9-12-16(19)15-17(20)13-10-7-5-6-8-11-14-18(21)22/h13,16,19-20H,2-12,14-15H2,1H3,(H,21,22)/b17-13+/t16-/m1/s1. The van der Waals surface area contributed by atoms with E-state index in [2.05, 4.69) is 6.92 Å². The predicted molar refractivity (Wildman–Crippen MR) is 90.0 cm³/mol. The second-order valence-corrected chi connectivity index (χ2v) is 6.10. The van der Waals surface area contributed by atoms with Crippen molar-refractivity contribution < 1.29 is 20.1 Å². The molecule has 0 aromatic heterocycles. The molecule has 0 amide bonds. The van der Waals surface area contributed by atoms with Gasteiger partial charge < -0.3 is 15.3 Å². The van der Waals surface area contributed by atoms with Gasteiger partial charge in [0.15, 0.2) is 0 Å². The molecular weight excluding hydrogens is 280 g/mol. The largest absolute Gasteiger partial charge is 0.513 e. The molecule has 4 nitrogen and oxygen atoms in total. The molecular formula is C18H34O4. The molecule has 0 aromatic rings. The first kappa shape index (κ1) is 21.0. The fraction of sp³-hybridized carbons (Fsp3) is 0.833. The van der Waals surface area contributed by atoms with E-state index in [0.717, 1.165) is 57.8 Å². The number of carbonyl (C=O) groups is 1. The van der Waals surface area contributed by atoms with Gasteiger partial charge >= 0.3 is 5.97 Å². The third-order valence-electron chi connectivity index (χ3n) is 3.81. The van der Waals surface area contributed by atoms with Gasteiger partial charge in [-0.2, -0.15) is 0 Å². The molecule has 1 atom stereocenters. The summed E-state index contributed by atoms with van der Waals surface area (Å²) in [6, 6.07) is 0. The smallest absolute Gasteiger partial charge is 0.303 e. The summed E-state index contributed by atoms with van der Waals surface area (Å²) in [5.74, 6) is -0.421. The van der Waals surface area contributed by atoms with Gasteiger partial charge in [0.1, 0.15) is 0 Å². The number of carboxylic acids is 1. The van der Waals surface area contributed by atoms with Gasteiger partial charge in [-0.25, -0.2) is 0 Å². The summed E-state index contributed by atoms with van der Waals surface area (Å²) in [6.07, 6.45) is 13.0. The molecule has 130 valence electrons. The van der Waals surface area contributed by atoms with Crippen molar-refractivity contribution in [1.29, 1.82) is 0 Å². The summed E-state index contributed by atoms with van der Waals surface area (Å²) < 4.78 is 0. The Bertz CT molecular complexity index is 299. The Balaban J connectivity index is 3.49. The normalized spacial score (nSPS) is 13.3. The van der Waals surface area contributed by atoms with E-state index in [0.29, 0.717) is 12.2 Å². The highest BCUT2D eigenvalue weighted by Gasteiger charge is 2.06. The van der Waals surface area contributed by atoms with Gasteiger partial charge in [0, 0.05) is 12.8 Å². The third kappa shape index (κ3) is 15.4. The van der Waals surface area contributed by atoms with E-state index < -0.39 is 12.1 Å². The van der Waals surface area contributed by atoms with Gasteiger partial charge in [0.2, 0.25) is 0 Å². The lowest BCUT2D eigenvalue weighted by Gasteiger charge is -2.09. The highest BCUT2D eigenvalue weighted by atomic mass is 16.4. The number of allylic oxidation sites excluding steroid dienone is 1. The Kier molecular flexibility index (Phi) is 14.2. The summed E-state index contributed by atoms with van der Waals surface area (Å²) in [5.41, 5.74) is 0. The van der Waals surface area contributed by atoms with Crippen LogP contribution in [-0.4, -0.2) is 27.4 Å². The molecule has 0 heterocycles. The Labute approximate surface area is 135 Å². The lowest BCUT2D eigenvalue weighted by molar-refractivity contribution is -0.137. The molecule has 0 saturated heterocycles. The molecule has 0 spiro atoms. The minimum atomic E-state index is -0.721. The zero-order chi connectivity index (χ0) is 16.6. The van der Waals surface area contributed by atoms with E-state index in [9.17, 15) is 15.0 Å². The Morgan fingerprint density at radius 1 is 0.955 bits per heavy atom. The topological polar surface area (TPSA) is 77.8 Å². The van der Waals surface area contributed by atoms with E-state index in [-0.39, 0.29) is 6.42 Å². The molecule has 0 aromatic carbocycles. The molecule has 0 fully saturated rings. The van der Waals surface area contributed by atoms with Crippen LogP contribution >= 0.6 is 0 Å². The first-order valence-corrected chi connectivity index (χ1v) is 8.84. The minimum absolute atomic E-state index is 0.261. The monoisotopic (exact) mass is 314 g/mol. The SMILES string of the molecule is CCCCCC[C@@H](O)C/C(O)=C\CCCCCCCC(=O)O. The van der Waals surface area contributed by atoms with Crippen molar-refractivity contribution >= 4 is 5.97 Å². The summed E-state index contributed by atoms with van der Waals surface area (Å²) in [7, 11) is 0. The molecule has 0 saturated carbocycles. The van der Waals surface area contributed by atoms with Crippen molar-refractivity contribution in [1.82, 2.24) is 0 Å². The molecule has 0 unspecified atom stereocenters. The maximum Gasteiger partial charge on any atom is 0.303 e. The average Bonchev–Trinajstić information content (AvgIpc) is 2.46. The Morgan fingerprint density at radius 3 is 2.27 bits per heavy atom. The zero-order valence-electron chi connectivity index (χ0n) is 14.1.